The van der Waals surface area contributed by atoms with Crippen molar-refractivity contribution in [3.05, 3.63) is 65.5 Å². The van der Waals surface area contributed by atoms with Crippen LogP contribution in [0.15, 0.2) is 36.8 Å². The fraction of sp³-hybridized carbons (Fsp3) is 0.125. The highest BCUT2D eigenvalue weighted by Gasteiger charge is 2.18. The predicted octanol–water partition coefficient (Wildman–Crippen LogP) is 3.32. The van der Waals surface area contributed by atoms with Crippen LogP contribution in [0.1, 0.15) is 23.5 Å². The Morgan fingerprint density at radius 3 is 2.77 bits per heavy atom. The number of aromatic amines is 1. The molecule has 1 aromatic carbocycles. The Kier molecular flexibility index (Phi) is 3.86. The van der Waals surface area contributed by atoms with Crippen molar-refractivity contribution in [3.8, 4) is 11.5 Å². The molecule has 1 N–H and O–H groups in total. The van der Waals surface area contributed by atoms with Gasteiger partial charge in [0, 0.05) is 25.0 Å². The third kappa shape index (κ3) is 2.89. The van der Waals surface area contributed by atoms with E-state index in [9.17, 15) is 17.6 Å². The summed E-state index contributed by atoms with van der Waals surface area (Å²) in [7, 11) is 0. The molecular formula is C16H10F4N6. The number of aromatic nitrogens is 6. The van der Waals surface area contributed by atoms with Crippen LogP contribution in [0.2, 0.25) is 0 Å². The summed E-state index contributed by atoms with van der Waals surface area (Å²) < 4.78 is 54.4. The molecule has 0 bridgehead atoms. The maximum Gasteiger partial charge on any atom is 0.299 e. The van der Waals surface area contributed by atoms with Crippen LogP contribution in [0, 0.1) is 11.6 Å². The van der Waals surface area contributed by atoms with E-state index < -0.39 is 23.9 Å². The Morgan fingerprint density at radius 1 is 1.15 bits per heavy atom. The average Bonchev–Trinajstić information content (AvgIpc) is 3.27. The monoisotopic (exact) mass is 362 g/mol. The lowest BCUT2D eigenvalue weighted by atomic mass is 10.1. The first-order chi connectivity index (χ1) is 12.5. The summed E-state index contributed by atoms with van der Waals surface area (Å²) in [6.07, 6.45) is 1.81. The molecule has 4 rings (SSSR count). The lowest BCUT2D eigenvalue weighted by Crippen LogP contribution is -2.03. The Balaban J connectivity index is 1.81. The van der Waals surface area contributed by atoms with Gasteiger partial charge in [0.25, 0.3) is 6.43 Å². The fourth-order valence-corrected chi connectivity index (χ4v) is 2.58. The van der Waals surface area contributed by atoms with Crippen LogP contribution in [-0.2, 0) is 6.42 Å². The molecular weight excluding hydrogens is 352 g/mol. The molecule has 0 amide bonds. The van der Waals surface area contributed by atoms with Gasteiger partial charge in [0.2, 0.25) is 5.82 Å². The Bertz CT molecular complexity index is 1090. The van der Waals surface area contributed by atoms with E-state index in [-0.39, 0.29) is 23.5 Å². The number of nitrogens with one attached hydrogen (secondary N) is 1. The number of benzene rings is 1. The Hall–Kier alpha value is -3.30. The SMILES string of the molecule is Fc1ccc(F)c(Cc2nc(-c3nc(C(F)F)n[nH]3)cn3ccnc23)c1. The first kappa shape index (κ1) is 16.2. The van der Waals surface area contributed by atoms with E-state index in [1.165, 1.54) is 12.4 Å². The zero-order chi connectivity index (χ0) is 18.3. The molecule has 0 spiro atoms. The zero-order valence-electron chi connectivity index (χ0n) is 13.0. The zero-order valence-corrected chi connectivity index (χ0v) is 13.0. The highest BCUT2D eigenvalue weighted by molar-refractivity contribution is 5.55. The van der Waals surface area contributed by atoms with Gasteiger partial charge in [-0.2, -0.15) is 5.10 Å². The van der Waals surface area contributed by atoms with Crippen LogP contribution in [0.5, 0.6) is 0 Å². The third-order valence-corrected chi connectivity index (χ3v) is 3.75. The summed E-state index contributed by atoms with van der Waals surface area (Å²) in [5, 5.41) is 5.84. The number of alkyl halides is 2. The van der Waals surface area contributed by atoms with E-state index >= 15 is 0 Å². The minimum atomic E-state index is -2.82. The second kappa shape index (κ2) is 6.21. The van der Waals surface area contributed by atoms with Crippen molar-refractivity contribution in [3.63, 3.8) is 0 Å². The van der Waals surface area contributed by atoms with Crippen molar-refractivity contribution >= 4 is 5.65 Å². The van der Waals surface area contributed by atoms with Crippen LogP contribution >= 0.6 is 0 Å². The van der Waals surface area contributed by atoms with Gasteiger partial charge in [-0.3, -0.25) is 5.10 Å². The number of hydrogen-bond acceptors (Lipinski definition) is 4. The van der Waals surface area contributed by atoms with Crippen molar-refractivity contribution in [2.24, 2.45) is 0 Å². The quantitative estimate of drug-likeness (QED) is 0.566. The van der Waals surface area contributed by atoms with Gasteiger partial charge in [-0.15, -0.1) is 0 Å². The van der Waals surface area contributed by atoms with Crippen LogP contribution in [-0.4, -0.2) is 29.5 Å². The second-order valence-corrected chi connectivity index (χ2v) is 5.49. The van der Waals surface area contributed by atoms with E-state index in [2.05, 4.69) is 25.1 Å². The van der Waals surface area contributed by atoms with Gasteiger partial charge >= 0.3 is 0 Å². The molecule has 6 nitrogen and oxygen atoms in total. The molecule has 3 heterocycles. The molecule has 0 aliphatic heterocycles. The van der Waals surface area contributed by atoms with E-state index in [1.54, 1.807) is 10.6 Å². The number of H-pyrrole nitrogens is 1. The van der Waals surface area contributed by atoms with E-state index in [0.717, 1.165) is 18.2 Å². The molecule has 4 aromatic rings. The van der Waals surface area contributed by atoms with Gasteiger partial charge in [0.1, 0.15) is 17.3 Å². The van der Waals surface area contributed by atoms with Crippen molar-refractivity contribution in [1.29, 1.82) is 0 Å². The molecule has 0 fully saturated rings. The lowest BCUT2D eigenvalue weighted by Gasteiger charge is -2.07. The molecule has 0 radical (unpaired) electrons. The maximum atomic E-state index is 14.0. The predicted molar refractivity (Wildman–Crippen MR) is 82.5 cm³/mol. The summed E-state index contributed by atoms with van der Waals surface area (Å²) >= 11 is 0. The van der Waals surface area contributed by atoms with Crippen molar-refractivity contribution < 1.29 is 17.6 Å². The highest BCUT2D eigenvalue weighted by Crippen LogP contribution is 2.22. The van der Waals surface area contributed by atoms with Crippen molar-refractivity contribution in [2.75, 3.05) is 0 Å². The normalized spacial score (nSPS) is 11.6. The number of fused-ring (bicyclic) bond motifs is 1. The molecule has 0 atom stereocenters. The van der Waals surface area contributed by atoms with Gasteiger partial charge in [0.05, 0.1) is 5.69 Å². The summed E-state index contributed by atoms with van der Waals surface area (Å²) in [6.45, 7) is 0. The van der Waals surface area contributed by atoms with Gasteiger partial charge in [-0.05, 0) is 23.8 Å². The minimum absolute atomic E-state index is 0.0339. The fourth-order valence-electron chi connectivity index (χ4n) is 2.58. The lowest BCUT2D eigenvalue weighted by molar-refractivity contribution is 0.141. The summed E-state index contributed by atoms with van der Waals surface area (Å²) in [6, 6.07) is 3.13. The van der Waals surface area contributed by atoms with Crippen molar-refractivity contribution in [2.45, 2.75) is 12.8 Å². The van der Waals surface area contributed by atoms with Crippen LogP contribution < -0.4 is 0 Å². The Labute approximate surface area is 143 Å². The third-order valence-electron chi connectivity index (χ3n) is 3.75. The largest absolute Gasteiger partial charge is 0.303 e. The number of nitrogens with zero attached hydrogens (tertiary/aromatic N) is 5. The minimum Gasteiger partial charge on any atom is -0.303 e. The molecule has 132 valence electrons. The van der Waals surface area contributed by atoms with Gasteiger partial charge in [-0.25, -0.2) is 32.5 Å². The van der Waals surface area contributed by atoms with Crippen molar-refractivity contribution in [1.82, 2.24) is 29.5 Å². The highest BCUT2D eigenvalue weighted by atomic mass is 19.3. The van der Waals surface area contributed by atoms with Crippen LogP contribution in [0.4, 0.5) is 17.6 Å². The standard InChI is InChI=1S/C16H10F4N6/c17-9-1-2-10(18)8(5-9)6-11-16-21-3-4-26(16)7-12(22-11)14-23-15(13(19)20)25-24-14/h1-5,7,13H,6H2,(H,23,24,25). The average molecular weight is 362 g/mol. The number of imidazole rings is 1. The first-order valence-corrected chi connectivity index (χ1v) is 7.48. The van der Waals surface area contributed by atoms with E-state index in [4.69, 9.17) is 0 Å². The topological polar surface area (TPSA) is 71.8 Å². The second-order valence-electron chi connectivity index (χ2n) is 5.49. The smallest absolute Gasteiger partial charge is 0.299 e. The van der Waals surface area contributed by atoms with Gasteiger partial charge < -0.3 is 4.40 Å². The maximum absolute atomic E-state index is 14.0. The van der Waals surface area contributed by atoms with E-state index in [0.29, 0.717) is 11.3 Å². The molecule has 3 aromatic heterocycles. The molecule has 0 unspecified atom stereocenters. The summed E-state index contributed by atoms with van der Waals surface area (Å²) in [4.78, 5) is 12.2. The van der Waals surface area contributed by atoms with Crippen LogP contribution in [0.3, 0.4) is 0 Å². The summed E-state index contributed by atoms with van der Waals surface area (Å²) in [5.74, 6) is -1.76. The number of rotatable bonds is 4. The number of halogens is 4. The van der Waals surface area contributed by atoms with Crippen LogP contribution in [0.25, 0.3) is 17.2 Å². The summed E-state index contributed by atoms with van der Waals surface area (Å²) in [5.41, 5.74) is 1.10. The molecule has 0 aliphatic carbocycles. The van der Waals surface area contributed by atoms with Gasteiger partial charge in [-0.1, -0.05) is 0 Å². The first-order valence-electron chi connectivity index (χ1n) is 7.48. The van der Waals surface area contributed by atoms with E-state index in [1.807, 2.05) is 0 Å². The molecule has 0 aliphatic rings. The molecule has 10 heteroatoms. The molecule has 26 heavy (non-hydrogen) atoms. The Morgan fingerprint density at radius 2 is 2.00 bits per heavy atom. The molecule has 0 saturated carbocycles. The van der Waals surface area contributed by atoms with Gasteiger partial charge in [0.15, 0.2) is 11.5 Å². The molecule has 0 saturated heterocycles. The number of hydrogen-bond donors (Lipinski definition) is 1.